The molecule has 1 atom stereocenters. The van der Waals surface area contributed by atoms with E-state index in [0.717, 1.165) is 23.0 Å². The third kappa shape index (κ3) is 7.80. The molecule has 0 spiro atoms. The van der Waals surface area contributed by atoms with E-state index in [2.05, 4.69) is 15.4 Å². The molecular formula is C31H41N7O7. The van der Waals surface area contributed by atoms with Crippen molar-refractivity contribution < 1.29 is 23.9 Å². The standard InChI is InChI=1S/C31H41N7O7/c1-19(2)13-15-37-24-25(34-27(37)36-14-9-12-22(17-36)33-29(42)45-31(3,4)5)35(6)30(43)38(26(24)40)18-23(39)20-10-8-11-21(16-20)32-28(41)44-7/h8,10-11,13,16,22H,9,12,14-15,17-18H2,1-7H3,(H,32,41)(H,33,42). The van der Waals surface area contributed by atoms with Gasteiger partial charge in [0, 0.05) is 44.0 Å². The van der Waals surface area contributed by atoms with Gasteiger partial charge in [0.05, 0.1) is 13.7 Å². The smallest absolute Gasteiger partial charge is 0.411 e. The number of anilines is 2. The first-order valence-electron chi connectivity index (χ1n) is 14.7. The molecule has 2 N–H and O–H groups in total. The minimum Gasteiger partial charge on any atom is -0.453 e. The molecule has 1 fully saturated rings. The number of ether oxygens (including phenoxy) is 2. The summed E-state index contributed by atoms with van der Waals surface area (Å²) < 4.78 is 14.0. The van der Waals surface area contributed by atoms with Gasteiger partial charge in [-0.25, -0.2) is 14.4 Å². The van der Waals surface area contributed by atoms with Gasteiger partial charge in [0.1, 0.15) is 5.60 Å². The molecule has 0 bridgehead atoms. The summed E-state index contributed by atoms with van der Waals surface area (Å²) in [5.74, 6) is -0.0132. The number of methoxy groups -OCH3 is 1. The summed E-state index contributed by atoms with van der Waals surface area (Å²) in [7, 11) is 2.73. The van der Waals surface area contributed by atoms with Crippen molar-refractivity contribution in [2.75, 3.05) is 30.4 Å². The van der Waals surface area contributed by atoms with Gasteiger partial charge in [-0.1, -0.05) is 23.8 Å². The maximum absolute atomic E-state index is 14.0. The monoisotopic (exact) mass is 623 g/mol. The number of piperidine rings is 1. The van der Waals surface area contributed by atoms with E-state index in [0.29, 0.717) is 31.3 Å². The number of Topliss-reactive ketones (excluding diaryl/α,β-unsaturated/α-hetero) is 1. The topological polar surface area (TPSA) is 159 Å². The predicted molar refractivity (Wildman–Crippen MR) is 170 cm³/mol. The van der Waals surface area contributed by atoms with E-state index in [1.807, 2.05) is 24.8 Å². The molecule has 1 aromatic carbocycles. The van der Waals surface area contributed by atoms with Crippen molar-refractivity contribution in [3.05, 3.63) is 62.3 Å². The number of nitrogens with zero attached hydrogens (tertiary/aromatic N) is 5. The molecule has 45 heavy (non-hydrogen) atoms. The van der Waals surface area contributed by atoms with Crippen molar-refractivity contribution in [1.29, 1.82) is 0 Å². The van der Waals surface area contributed by atoms with Crippen LogP contribution in [0.2, 0.25) is 0 Å². The lowest BCUT2D eigenvalue weighted by Gasteiger charge is -2.34. The van der Waals surface area contributed by atoms with E-state index in [9.17, 15) is 24.0 Å². The third-order valence-corrected chi connectivity index (χ3v) is 7.24. The second-order valence-corrected chi connectivity index (χ2v) is 12.3. The maximum Gasteiger partial charge on any atom is 0.411 e. The number of carbonyl (C=O) groups is 3. The number of hydrogen-bond donors (Lipinski definition) is 2. The van der Waals surface area contributed by atoms with Gasteiger partial charge in [-0.3, -0.25) is 24.0 Å². The van der Waals surface area contributed by atoms with Gasteiger partial charge in [-0.15, -0.1) is 0 Å². The first-order chi connectivity index (χ1) is 21.2. The Labute approximate surface area is 260 Å². The maximum atomic E-state index is 14.0. The van der Waals surface area contributed by atoms with Crippen LogP contribution in [-0.2, 0) is 29.6 Å². The quantitative estimate of drug-likeness (QED) is 0.283. The Morgan fingerprint density at radius 2 is 1.84 bits per heavy atom. The summed E-state index contributed by atoms with van der Waals surface area (Å²) in [5, 5.41) is 5.43. The molecular weight excluding hydrogens is 582 g/mol. The number of rotatable bonds is 8. The molecule has 2 aromatic heterocycles. The highest BCUT2D eigenvalue weighted by Gasteiger charge is 2.29. The van der Waals surface area contributed by atoms with Crippen molar-refractivity contribution in [1.82, 2.24) is 24.0 Å². The summed E-state index contributed by atoms with van der Waals surface area (Å²) in [4.78, 5) is 71.6. The van der Waals surface area contributed by atoms with E-state index in [1.54, 1.807) is 37.5 Å². The molecule has 242 valence electrons. The van der Waals surface area contributed by atoms with Gasteiger partial charge in [-0.2, -0.15) is 4.98 Å². The van der Waals surface area contributed by atoms with Crippen molar-refractivity contribution in [2.24, 2.45) is 7.05 Å². The summed E-state index contributed by atoms with van der Waals surface area (Å²) >= 11 is 0. The molecule has 3 aromatic rings. The zero-order valence-corrected chi connectivity index (χ0v) is 26.8. The Balaban J connectivity index is 1.73. The number of imidazole rings is 1. The fourth-order valence-electron chi connectivity index (χ4n) is 5.11. The van der Waals surface area contributed by atoms with Crippen LogP contribution in [0.15, 0.2) is 45.5 Å². The van der Waals surface area contributed by atoms with Crippen molar-refractivity contribution in [3.8, 4) is 0 Å². The van der Waals surface area contributed by atoms with Crippen LogP contribution in [0.3, 0.4) is 0 Å². The molecule has 0 radical (unpaired) electrons. The van der Waals surface area contributed by atoms with Crippen LogP contribution in [0.5, 0.6) is 0 Å². The lowest BCUT2D eigenvalue weighted by atomic mass is 10.1. The fourth-order valence-corrected chi connectivity index (χ4v) is 5.11. The Bertz CT molecular complexity index is 1760. The van der Waals surface area contributed by atoms with E-state index in [-0.39, 0.29) is 22.8 Å². The summed E-state index contributed by atoms with van der Waals surface area (Å²) in [6, 6.07) is 5.93. The molecule has 14 heteroatoms. The van der Waals surface area contributed by atoms with Gasteiger partial charge < -0.3 is 24.3 Å². The number of hydrogen-bond acceptors (Lipinski definition) is 9. The zero-order chi connectivity index (χ0) is 33.1. The number of carbonyl (C=O) groups excluding carboxylic acids is 3. The largest absolute Gasteiger partial charge is 0.453 e. The van der Waals surface area contributed by atoms with E-state index in [1.165, 1.54) is 30.9 Å². The molecule has 1 aliphatic heterocycles. The summed E-state index contributed by atoms with van der Waals surface area (Å²) in [5.41, 5.74) is -0.0454. The zero-order valence-electron chi connectivity index (χ0n) is 26.8. The molecule has 0 aliphatic carbocycles. The number of fused-ring (bicyclic) bond motifs is 1. The van der Waals surface area contributed by atoms with Crippen molar-refractivity contribution >= 4 is 40.8 Å². The molecule has 3 heterocycles. The van der Waals surface area contributed by atoms with Gasteiger partial charge in [0.15, 0.2) is 16.9 Å². The second-order valence-electron chi connectivity index (χ2n) is 12.3. The first-order valence-corrected chi connectivity index (χ1v) is 14.7. The van der Waals surface area contributed by atoms with Crippen molar-refractivity contribution in [2.45, 2.75) is 72.2 Å². The number of alkyl carbamates (subject to hydrolysis) is 1. The average molecular weight is 624 g/mol. The van der Waals surface area contributed by atoms with Crippen LogP contribution in [0.4, 0.5) is 21.2 Å². The Morgan fingerprint density at radius 3 is 2.51 bits per heavy atom. The van der Waals surface area contributed by atoms with Crippen LogP contribution in [0, 0.1) is 0 Å². The average Bonchev–Trinajstić information content (AvgIpc) is 3.36. The highest BCUT2D eigenvalue weighted by molar-refractivity contribution is 5.97. The number of aromatic nitrogens is 4. The summed E-state index contributed by atoms with van der Waals surface area (Å²) in [6.45, 7) is 10.1. The number of ketones is 1. The highest BCUT2D eigenvalue weighted by Crippen LogP contribution is 2.24. The predicted octanol–water partition coefficient (Wildman–Crippen LogP) is 3.42. The number of benzene rings is 1. The highest BCUT2D eigenvalue weighted by atomic mass is 16.6. The Kier molecular flexibility index (Phi) is 9.84. The van der Waals surface area contributed by atoms with Crippen LogP contribution in [-0.4, -0.2) is 68.5 Å². The lowest BCUT2D eigenvalue weighted by Crippen LogP contribution is -2.49. The minimum atomic E-state index is -0.698. The van der Waals surface area contributed by atoms with Gasteiger partial charge in [0.25, 0.3) is 5.56 Å². The molecule has 1 saturated heterocycles. The van der Waals surface area contributed by atoms with E-state index in [4.69, 9.17) is 9.72 Å². The number of nitrogens with one attached hydrogen (secondary N) is 2. The van der Waals surface area contributed by atoms with Crippen LogP contribution < -0.4 is 26.8 Å². The first kappa shape index (κ1) is 33.0. The fraction of sp³-hybridized carbons (Fsp3) is 0.484. The number of allylic oxidation sites excluding steroid dienone is 2. The number of aryl methyl sites for hydroxylation is 1. The SMILES string of the molecule is COC(=O)Nc1cccc(C(=O)Cn2c(=O)c3c(nc(N4CCCC(NC(=O)OC(C)(C)C)C4)n3CC=C(C)C)n(C)c2=O)c1. The van der Waals surface area contributed by atoms with Crippen molar-refractivity contribution in [3.63, 3.8) is 0 Å². The molecule has 1 aliphatic rings. The Hall–Kier alpha value is -4.88. The molecule has 0 saturated carbocycles. The molecule has 4 rings (SSSR count). The molecule has 1 unspecified atom stereocenters. The van der Waals surface area contributed by atoms with Crippen LogP contribution in [0.1, 0.15) is 57.8 Å². The minimum absolute atomic E-state index is 0.181. The van der Waals surface area contributed by atoms with E-state index >= 15 is 0 Å². The normalized spacial score (nSPS) is 15.0. The van der Waals surface area contributed by atoms with Crippen LogP contribution >= 0.6 is 0 Å². The van der Waals surface area contributed by atoms with Gasteiger partial charge in [-0.05, 0) is 59.6 Å². The molecule has 2 amide bonds. The van der Waals surface area contributed by atoms with Gasteiger partial charge >= 0.3 is 17.9 Å². The Morgan fingerprint density at radius 1 is 1.11 bits per heavy atom. The number of amides is 2. The lowest BCUT2D eigenvalue weighted by molar-refractivity contribution is 0.0499. The van der Waals surface area contributed by atoms with Gasteiger partial charge in [0.2, 0.25) is 5.95 Å². The second kappa shape index (κ2) is 13.4. The van der Waals surface area contributed by atoms with Crippen LogP contribution in [0.25, 0.3) is 11.2 Å². The summed E-state index contributed by atoms with van der Waals surface area (Å²) in [6.07, 6.45) is 2.25. The molecule has 14 nitrogen and oxygen atoms in total. The third-order valence-electron chi connectivity index (χ3n) is 7.24. The van der Waals surface area contributed by atoms with E-state index < -0.39 is 41.4 Å².